The Bertz CT molecular complexity index is 388. The molecule has 1 heterocycles. The molecule has 0 aromatic carbocycles. The molecule has 0 saturated carbocycles. The van der Waals surface area contributed by atoms with Gasteiger partial charge in [0, 0.05) is 0 Å². The van der Waals surface area contributed by atoms with Gasteiger partial charge in [0.05, 0.1) is 11.5 Å². The molecule has 1 rings (SSSR count). The van der Waals surface area contributed by atoms with Gasteiger partial charge in [-0.1, -0.05) is 0 Å². The van der Waals surface area contributed by atoms with E-state index in [2.05, 4.69) is 10.2 Å². The normalized spacial score (nSPS) is 10.0. The molecule has 6 nitrogen and oxygen atoms in total. The minimum Gasteiger partial charge on any atom is -0.494 e. The van der Waals surface area contributed by atoms with Crippen molar-refractivity contribution in [3.05, 3.63) is 10.5 Å². The van der Waals surface area contributed by atoms with E-state index in [-0.39, 0.29) is 18.0 Å². The highest BCUT2D eigenvalue weighted by molar-refractivity contribution is 7.98. The number of nitrogens with zero attached hydrogens (tertiary/aromatic N) is 1. The van der Waals surface area contributed by atoms with Crippen LogP contribution in [0, 0.1) is 4.91 Å². The summed E-state index contributed by atoms with van der Waals surface area (Å²) in [6, 6.07) is 0. The second kappa shape index (κ2) is 4.83. The summed E-state index contributed by atoms with van der Waals surface area (Å²) in [5.41, 5.74) is -0.0426. The van der Waals surface area contributed by atoms with E-state index in [1.165, 1.54) is 0 Å². The van der Waals surface area contributed by atoms with Crippen molar-refractivity contribution in [2.45, 2.75) is 11.8 Å². The second-order valence-electron chi connectivity index (χ2n) is 2.54. The first-order chi connectivity index (χ1) is 7.15. The minimum absolute atomic E-state index is 0.0426. The van der Waals surface area contributed by atoms with Gasteiger partial charge in [0.2, 0.25) is 5.88 Å². The lowest BCUT2D eigenvalue weighted by molar-refractivity contribution is 0.0519. The maximum absolute atomic E-state index is 11.4. The number of rotatable bonds is 4. The fourth-order valence-electron chi connectivity index (χ4n) is 1.11. The van der Waals surface area contributed by atoms with Crippen LogP contribution in [0.25, 0.3) is 0 Å². The Labute approximate surface area is 90.0 Å². The minimum atomic E-state index is -0.675. The SMILES string of the molecule is CCOC(=O)c1c(O)[nH]c(N=O)c1SC. The van der Waals surface area contributed by atoms with Crippen molar-refractivity contribution in [2.75, 3.05) is 12.9 Å². The molecular formula is C8H10N2O4S. The third-order valence-electron chi connectivity index (χ3n) is 1.69. The van der Waals surface area contributed by atoms with Gasteiger partial charge in [0.1, 0.15) is 5.56 Å². The summed E-state index contributed by atoms with van der Waals surface area (Å²) < 4.78 is 4.73. The van der Waals surface area contributed by atoms with Crippen molar-refractivity contribution < 1.29 is 14.6 Å². The molecular weight excluding hydrogens is 220 g/mol. The van der Waals surface area contributed by atoms with Gasteiger partial charge < -0.3 is 14.8 Å². The van der Waals surface area contributed by atoms with E-state index in [0.717, 1.165) is 11.8 Å². The number of esters is 1. The summed E-state index contributed by atoms with van der Waals surface area (Å²) in [6.07, 6.45) is 1.67. The predicted octanol–water partition coefficient (Wildman–Crippen LogP) is 2.02. The molecule has 15 heavy (non-hydrogen) atoms. The quantitative estimate of drug-likeness (QED) is 0.469. The molecule has 0 atom stereocenters. The van der Waals surface area contributed by atoms with Crippen molar-refractivity contribution in [3.8, 4) is 5.88 Å². The van der Waals surface area contributed by atoms with Gasteiger partial charge in [-0.2, -0.15) is 0 Å². The van der Waals surface area contributed by atoms with Crippen molar-refractivity contribution in [1.29, 1.82) is 0 Å². The summed E-state index contributed by atoms with van der Waals surface area (Å²) in [7, 11) is 0. The summed E-state index contributed by atoms with van der Waals surface area (Å²) >= 11 is 1.14. The Kier molecular flexibility index (Phi) is 3.73. The lowest BCUT2D eigenvalue weighted by Gasteiger charge is -2.01. The molecule has 2 N–H and O–H groups in total. The van der Waals surface area contributed by atoms with Gasteiger partial charge in [-0.05, 0) is 18.4 Å². The monoisotopic (exact) mass is 230 g/mol. The van der Waals surface area contributed by atoms with Crippen LogP contribution in [0.5, 0.6) is 5.88 Å². The number of ether oxygens (including phenoxy) is 1. The van der Waals surface area contributed by atoms with E-state index in [9.17, 15) is 14.8 Å². The third kappa shape index (κ3) is 2.12. The van der Waals surface area contributed by atoms with Crippen molar-refractivity contribution in [3.63, 3.8) is 0 Å². The molecule has 0 aliphatic carbocycles. The number of hydrogen-bond donors (Lipinski definition) is 2. The van der Waals surface area contributed by atoms with Gasteiger partial charge in [0.15, 0.2) is 5.82 Å². The zero-order valence-electron chi connectivity index (χ0n) is 8.23. The lowest BCUT2D eigenvalue weighted by atomic mass is 10.3. The maximum atomic E-state index is 11.4. The van der Waals surface area contributed by atoms with Crippen molar-refractivity contribution in [2.24, 2.45) is 5.18 Å². The molecule has 7 heteroatoms. The van der Waals surface area contributed by atoms with Crippen molar-refractivity contribution in [1.82, 2.24) is 4.98 Å². The second-order valence-corrected chi connectivity index (χ2v) is 3.36. The van der Waals surface area contributed by atoms with Gasteiger partial charge in [0.25, 0.3) is 0 Å². The number of nitrogens with one attached hydrogen (secondary N) is 1. The van der Waals surface area contributed by atoms with E-state index in [4.69, 9.17) is 4.74 Å². The average Bonchev–Trinajstić information content (AvgIpc) is 2.54. The zero-order chi connectivity index (χ0) is 11.4. The fourth-order valence-corrected chi connectivity index (χ4v) is 1.78. The molecule has 0 amide bonds. The molecule has 0 radical (unpaired) electrons. The fraction of sp³-hybridized carbons (Fsp3) is 0.375. The Morgan fingerprint density at radius 1 is 1.67 bits per heavy atom. The highest BCUT2D eigenvalue weighted by atomic mass is 32.2. The van der Waals surface area contributed by atoms with Gasteiger partial charge in [-0.25, -0.2) is 4.79 Å². The van der Waals surface area contributed by atoms with Crippen LogP contribution in [-0.4, -0.2) is 28.9 Å². The lowest BCUT2D eigenvalue weighted by Crippen LogP contribution is -2.04. The Hall–Kier alpha value is -1.50. The number of aromatic nitrogens is 1. The van der Waals surface area contributed by atoms with E-state index >= 15 is 0 Å². The van der Waals surface area contributed by atoms with Crippen LogP contribution in [0.1, 0.15) is 17.3 Å². The molecule has 0 fully saturated rings. The Morgan fingerprint density at radius 3 is 2.80 bits per heavy atom. The Morgan fingerprint density at radius 2 is 2.33 bits per heavy atom. The number of hydrogen-bond acceptors (Lipinski definition) is 6. The largest absolute Gasteiger partial charge is 0.494 e. The number of thioether (sulfide) groups is 1. The van der Waals surface area contributed by atoms with E-state index in [1.54, 1.807) is 13.2 Å². The first-order valence-electron chi connectivity index (χ1n) is 4.15. The van der Waals surface area contributed by atoms with E-state index in [1.807, 2.05) is 0 Å². The molecule has 0 aliphatic rings. The van der Waals surface area contributed by atoms with Crippen LogP contribution >= 0.6 is 11.8 Å². The number of aromatic amines is 1. The number of carbonyl (C=O) groups is 1. The molecule has 82 valence electrons. The predicted molar refractivity (Wildman–Crippen MR) is 55.7 cm³/mol. The van der Waals surface area contributed by atoms with Gasteiger partial charge in [-0.15, -0.1) is 16.7 Å². The summed E-state index contributed by atoms with van der Waals surface area (Å²) in [5, 5.41) is 12.1. The van der Waals surface area contributed by atoms with Crippen molar-refractivity contribution >= 4 is 23.5 Å². The van der Waals surface area contributed by atoms with Crippen LogP contribution in [0.4, 0.5) is 5.82 Å². The first-order valence-corrected chi connectivity index (χ1v) is 5.37. The van der Waals surface area contributed by atoms with Crippen LogP contribution < -0.4 is 0 Å². The van der Waals surface area contributed by atoms with Crippen LogP contribution in [0.15, 0.2) is 10.1 Å². The molecule has 0 aliphatic heterocycles. The van der Waals surface area contributed by atoms with Crippen LogP contribution in [0.3, 0.4) is 0 Å². The third-order valence-corrected chi connectivity index (χ3v) is 2.50. The Balaban J connectivity index is 3.20. The molecule has 0 spiro atoms. The highest BCUT2D eigenvalue weighted by Crippen LogP contribution is 2.37. The molecule has 1 aromatic heterocycles. The molecule has 0 bridgehead atoms. The number of H-pyrrole nitrogens is 1. The smallest absolute Gasteiger partial charge is 0.344 e. The maximum Gasteiger partial charge on any atom is 0.344 e. The summed E-state index contributed by atoms with van der Waals surface area (Å²) in [5.74, 6) is -1.14. The molecule has 1 aromatic rings. The summed E-state index contributed by atoms with van der Waals surface area (Å²) in [6.45, 7) is 1.85. The molecule has 0 unspecified atom stereocenters. The number of aromatic hydroxyl groups is 1. The average molecular weight is 230 g/mol. The number of nitroso groups, excluding NO2 is 1. The highest BCUT2D eigenvalue weighted by Gasteiger charge is 2.24. The standard InChI is InChI=1S/C8H10N2O4S/c1-3-14-8(12)4-5(15-2)6(10-13)9-7(4)11/h9,11H,3H2,1-2H3. The molecule has 0 saturated heterocycles. The topological polar surface area (TPSA) is 91.8 Å². The van der Waals surface area contributed by atoms with Crippen LogP contribution in [-0.2, 0) is 4.74 Å². The summed E-state index contributed by atoms with van der Waals surface area (Å²) in [4.78, 5) is 24.4. The van der Waals surface area contributed by atoms with Gasteiger partial charge in [-0.3, -0.25) is 0 Å². The van der Waals surface area contributed by atoms with E-state index in [0.29, 0.717) is 4.90 Å². The van der Waals surface area contributed by atoms with Gasteiger partial charge >= 0.3 is 5.97 Å². The first kappa shape index (κ1) is 11.6. The van der Waals surface area contributed by atoms with E-state index < -0.39 is 11.8 Å². The van der Waals surface area contributed by atoms with Crippen LogP contribution in [0.2, 0.25) is 0 Å². The zero-order valence-corrected chi connectivity index (χ0v) is 9.05. The number of carbonyl (C=O) groups excluding carboxylic acids is 1.